The van der Waals surface area contributed by atoms with Crippen LogP contribution in [0.4, 0.5) is 25.2 Å². The largest absolute Gasteiger partial charge is 0.423 e. The van der Waals surface area contributed by atoms with Crippen LogP contribution in [-0.2, 0) is 6.18 Å². The first-order chi connectivity index (χ1) is 21.5. The molecule has 1 amide bonds. The minimum Gasteiger partial charge on any atom is -0.423 e. The number of fused-ring (bicyclic) bond motifs is 2. The molecule has 2 aliphatic heterocycles. The SMILES string of the molecule is Cc1ccc(C(F)(F)F)c(C(=O)N2CC[C@@H](Nc3nc4ccc(Cl)cc4o3)C2)c1.Clc1ccc2nc(N[C@@H]3CCNC3)oc2c1. The van der Waals surface area contributed by atoms with E-state index in [9.17, 15) is 18.0 Å². The lowest BCUT2D eigenvalue weighted by atomic mass is 10.0. The molecule has 0 unspecified atom stereocenters. The van der Waals surface area contributed by atoms with Crippen molar-refractivity contribution in [2.75, 3.05) is 36.8 Å². The number of amides is 1. The first-order valence-electron chi connectivity index (χ1n) is 14.3. The van der Waals surface area contributed by atoms with Crippen LogP contribution in [0.2, 0.25) is 10.0 Å². The van der Waals surface area contributed by atoms with Gasteiger partial charge in [-0.2, -0.15) is 23.1 Å². The summed E-state index contributed by atoms with van der Waals surface area (Å²) in [4.78, 5) is 22.9. The fourth-order valence-corrected chi connectivity index (χ4v) is 5.69. The number of hydrogen-bond acceptors (Lipinski definition) is 8. The number of hydrogen-bond donors (Lipinski definition) is 3. The molecule has 7 rings (SSSR count). The maximum Gasteiger partial charge on any atom is 0.417 e. The van der Waals surface area contributed by atoms with Gasteiger partial charge in [-0.3, -0.25) is 4.79 Å². The number of oxazole rings is 2. The van der Waals surface area contributed by atoms with Crippen molar-refractivity contribution in [3.8, 4) is 0 Å². The van der Waals surface area contributed by atoms with Gasteiger partial charge in [0.1, 0.15) is 11.0 Å². The second-order valence-electron chi connectivity index (χ2n) is 11.0. The molecule has 4 heterocycles. The molecule has 236 valence electrons. The molecule has 2 atom stereocenters. The summed E-state index contributed by atoms with van der Waals surface area (Å²) in [5.41, 5.74) is 2.08. The molecule has 14 heteroatoms. The number of rotatable bonds is 5. The van der Waals surface area contributed by atoms with E-state index in [0.717, 1.165) is 36.7 Å². The Balaban J connectivity index is 0.000000187. The normalized spacial score (nSPS) is 18.3. The number of anilines is 2. The minimum atomic E-state index is -4.59. The molecular formula is C31H29Cl2F3N6O3. The number of likely N-dealkylation sites (tertiary alicyclic amines) is 1. The monoisotopic (exact) mass is 660 g/mol. The van der Waals surface area contributed by atoms with Gasteiger partial charge in [-0.1, -0.05) is 34.8 Å². The number of nitrogens with zero attached hydrogens (tertiary/aromatic N) is 3. The third kappa shape index (κ3) is 7.29. The summed E-state index contributed by atoms with van der Waals surface area (Å²) in [6.45, 7) is 4.26. The Hall–Kier alpha value is -4.00. The van der Waals surface area contributed by atoms with Crippen molar-refractivity contribution in [3.63, 3.8) is 0 Å². The van der Waals surface area contributed by atoms with Crippen molar-refractivity contribution in [1.29, 1.82) is 0 Å². The number of aromatic nitrogens is 2. The molecule has 0 saturated carbocycles. The maximum absolute atomic E-state index is 13.3. The number of carbonyl (C=O) groups excluding carboxylic acids is 1. The van der Waals surface area contributed by atoms with Crippen LogP contribution in [0.25, 0.3) is 22.2 Å². The van der Waals surface area contributed by atoms with Crippen LogP contribution in [0.3, 0.4) is 0 Å². The molecule has 2 saturated heterocycles. The van der Waals surface area contributed by atoms with E-state index in [0.29, 0.717) is 51.7 Å². The highest BCUT2D eigenvalue weighted by atomic mass is 35.5. The fraction of sp³-hybridized carbons (Fsp3) is 0.323. The van der Waals surface area contributed by atoms with E-state index in [1.807, 2.05) is 12.1 Å². The average Bonchev–Trinajstić information content (AvgIpc) is 3.80. The summed E-state index contributed by atoms with van der Waals surface area (Å²) in [5, 5.41) is 10.8. The molecule has 2 aromatic heterocycles. The summed E-state index contributed by atoms with van der Waals surface area (Å²) in [6.07, 6.45) is -2.92. The predicted molar refractivity (Wildman–Crippen MR) is 167 cm³/mol. The van der Waals surface area contributed by atoms with Crippen LogP contribution in [0.5, 0.6) is 0 Å². The van der Waals surface area contributed by atoms with Crippen molar-refractivity contribution >= 4 is 63.3 Å². The van der Waals surface area contributed by atoms with Crippen LogP contribution < -0.4 is 16.0 Å². The van der Waals surface area contributed by atoms with Gasteiger partial charge in [-0.05, 0) is 62.7 Å². The average molecular weight is 662 g/mol. The van der Waals surface area contributed by atoms with Gasteiger partial charge in [-0.25, -0.2) is 0 Å². The summed E-state index contributed by atoms with van der Waals surface area (Å²) >= 11 is 11.8. The molecule has 0 spiro atoms. The Morgan fingerprint density at radius 1 is 0.911 bits per heavy atom. The van der Waals surface area contributed by atoms with Crippen molar-refractivity contribution in [3.05, 3.63) is 81.3 Å². The van der Waals surface area contributed by atoms with Gasteiger partial charge in [0.25, 0.3) is 17.9 Å². The Labute approximate surface area is 266 Å². The van der Waals surface area contributed by atoms with Crippen molar-refractivity contribution in [2.45, 2.75) is 38.0 Å². The van der Waals surface area contributed by atoms with E-state index in [-0.39, 0.29) is 24.2 Å². The first-order valence-corrected chi connectivity index (χ1v) is 15.1. The standard InChI is InChI=1S/C20H17ClF3N3O2.C11H12ClN3O/c1-11-2-4-15(20(22,23)24)14(8-11)18(28)27-7-6-13(10-27)25-19-26-16-5-3-12(21)9-17(16)29-19;12-7-1-2-9-10(5-7)16-11(15-9)14-8-3-4-13-6-8/h2-5,8-9,13H,6-7,10H2,1H3,(H,25,26);1-2,5,8,13H,3-4,6H2,(H,14,15)/t13-;8-/m11/s1. The van der Waals surface area contributed by atoms with Gasteiger partial charge in [0, 0.05) is 53.9 Å². The maximum atomic E-state index is 13.3. The van der Waals surface area contributed by atoms with E-state index < -0.39 is 17.6 Å². The molecule has 3 N–H and O–H groups in total. The summed E-state index contributed by atoms with van der Waals surface area (Å²) in [7, 11) is 0. The Bertz CT molecular complexity index is 1840. The van der Waals surface area contributed by atoms with Gasteiger partial charge >= 0.3 is 6.18 Å². The Kier molecular flexibility index (Phi) is 8.80. The Morgan fingerprint density at radius 2 is 1.53 bits per heavy atom. The van der Waals surface area contributed by atoms with Gasteiger partial charge in [0.05, 0.1) is 11.1 Å². The van der Waals surface area contributed by atoms with Gasteiger partial charge in [0.2, 0.25) is 0 Å². The predicted octanol–water partition coefficient (Wildman–Crippen LogP) is 7.39. The number of aryl methyl sites for hydroxylation is 1. The topological polar surface area (TPSA) is 108 Å². The third-order valence-corrected chi connectivity index (χ3v) is 8.07. The Morgan fingerprint density at radius 3 is 2.11 bits per heavy atom. The van der Waals surface area contributed by atoms with Crippen LogP contribution in [0.15, 0.2) is 63.4 Å². The van der Waals surface area contributed by atoms with E-state index in [2.05, 4.69) is 25.9 Å². The third-order valence-electron chi connectivity index (χ3n) is 7.60. The summed E-state index contributed by atoms with van der Waals surface area (Å²) in [6, 6.07) is 15.2. The minimum absolute atomic E-state index is 0.179. The molecule has 2 fully saturated rings. The fourth-order valence-electron chi connectivity index (χ4n) is 5.36. The zero-order valence-electron chi connectivity index (χ0n) is 24.0. The molecular weight excluding hydrogens is 632 g/mol. The summed E-state index contributed by atoms with van der Waals surface area (Å²) < 4.78 is 51.1. The second-order valence-corrected chi connectivity index (χ2v) is 11.9. The van der Waals surface area contributed by atoms with E-state index in [1.165, 1.54) is 17.0 Å². The molecule has 0 bridgehead atoms. The molecule has 5 aromatic rings. The summed E-state index contributed by atoms with van der Waals surface area (Å²) in [5.74, 6) is -0.630. The van der Waals surface area contributed by atoms with Crippen molar-refractivity contribution in [1.82, 2.24) is 20.2 Å². The number of benzene rings is 3. The van der Waals surface area contributed by atoms with Crippen molar-refractivity contribution in [2.24, 2.45) is 0 Å². The van der Waals surface area contributed by atoms with E-state index in [4.69, 9.17) is 32.0 Å². The lowest BCUT2D eigenvalue weighted by Crippen LogP contribution is -2.33. The van der Waals surface area contributed by atoms with Crippen molar-refractivity contribution < 1.29 is 26.8 Å². The smallest absolute Gasteiger partial charge is 0.417 e. The molecule has 9 nitrogen and oxygen atoms in total. The van der Waals surface area contributed by atoms with Crippen LogP contribution in [0.1, 0.15) is 34.3 Å². The lowest BCUT2D eigenvalue weighted by molar-refractivity contribution is -0.138. The van der Waals surface area contributed by atoms with Crippen LogP contribution in [-0.4, -0.2) is 59.0 Å². The number of alkyl halides is 3. The first kappa shape index (κ1) is 31.0. The van der Waals surface area contributed by atoms with Gasteiger partial charge in [-0.15, -0.1) is 0 Å². The highest BCUT2D eigenvalue weighted by molar-refractivity contribution is 6.31. The number of nitrogens with one attached hydrogen (secondary N) is 3. The highest BCUT2D eigenvalue weighted by Crippen LogP contribution is 2.34. The van der Waals surface area contributed by atoms with Gasteiger partial charge < -0.3 is 29.7 Å². The molecule has 45 heavy (non-hydrogen) atoms. The van der Waals surface area contributed by atoms with Crippen LogP contribution >= 0.6 is 23.2 Å². The molecule has 0 aliphatic carbocycles. The molecule has 2 aliphatic rings. The molecule has 3 aromatic carbocycles. The lowest BCUT2D eigenvalue weighted by Gasteiger charge is -2.20. The quantitative estimate of drug-likeness (QED) is 0.179. The van der Waals surface area contributed by atoms with E-state index in [1.54, 1.807) is 31.2 Å². The zero-order valence-corrected chi connectivity index (χ0v) is 25.6. The second kappa shape index (κ2) is 12.8. The number of carbonyl (C=O) groups is 1. The van der Waals surface area contributed by atoms with E-state index >= 15 is 0 Å². The highest BCUT2D eigenvalue weighted by Gasteiger charge is 2.37. The zero-order chi connectivity index (χ0) is 31.7. The van der Waals surface area contributed by atoms with Crippen LogP contribution in [0, 0.1) is 6.92 Å². The number of halogens is 5. The molecule has 0 radical (unpaired) electrons. The van der Waals surface area contributed by atoms with Gasteiger partial charge in [0.15, 0.2) is 11.2 Å².